The molecule has 0 bridgehead atoms. The molecule has 1 aromatic heterocycles. The van der Waals surface area contributed by atoms with E-state index in [4.69, 9.17) is 0 Å². The van der Waals surface area contributed by atoms with Gasteiger partial charge in [-0.2, -0.15) is 0 Å². The van der Waals surface area contributed by atoms with Gasteiger partial charge in [-0.05, 0) is 26.1 Å². The lowest BCUT2D eigenvalue weighted by atomic mass is 10.1. The summed E-state index contributed by atoms with van der Waals surface area (Å²) in [5.41, 5.74) is 0.901. The van der Waals surface area contributed by atoms with Crippen LogP contribution >= 0.6 is 0 Å². The molecule has 2 aromatic rings. The summed E-state index contributed by atoms with van der Waals surface area (Å²) in [6, 6.07) is 3.02. The van der Waals surface area contributed by atoms with E-state index in [0.717, 1.165) is 26.2 Å². The highest BCUT2D eigenvalue weighted by atomic mass is 19.1. The largest absolute Gasteiger partial charge is 0.508 e. The van der Waals surface area contributed by atoms with E-state index in [0.29, 0.717) is 17.7 Å². The van der Waals surface area contributed by atoms with Gasteiger partial charge >= 0.3 is 0 Å². The molecule has 1 fully saturated rings. The van der Waals surface area contributed by atoms with E-state index >= 15 is 0 Å². The average Bonchev–Trinajstić information content (AvgIpc) is 2.56. The Balaban J connectivity index is 2.18. The zero-order valence-electron chi connectivity index (χ0n) is 14.0. The number of aliphatic hydroxyl groups is 1. The minimum atomic E-state index is -0.410. The fourth-order valence-electron chi connectivity index (χ4n) is 3.16. The van der Waals surface area contributed by atoms with Crippen LogP contribution in [-0.4, -0.2) is 47.8 Å². The number of piperazine rings is 1. The smallest absolute Gasteiger partial charge is 0.200 e. The highest BCUT2D eigenvalue weighted by Gasteiger charge is 2.20. The van der Waals surface area contributed by atoms with Gasteiger partial charge in [-0.15, -0.1) is 0 Å². The summed E-state index contributed by atoms with van der Waals surface area (Å²) in [4.78, 5) is 16.7. The maximum absolute atomic E-state index is 14.7. The molecule has 2 heterocycles. The lowest BCUT2D eigenvalue weighted by Crippen LogP contribution is -2.44. The maximum atomic E-state index is 14.7. The number of benzene rings is 1. The summed E-state index contributed by atoms with van der Waals surface area (Å²) in [6.45, 7) is 9.22. The Morgan fingerprint density at radius 2 is 1.96 bits per heavy atom. The summed E-state index contributed by atoms with van der Waals surface area (Å²) in [5, 5.41) is 9.89. The van der Waals surface area contributed by atoms with Crippen LogP contribution < -0.4 is 10.3 Å². The van der Waals surface area contributed by atoms with Crippen molar-refractivity contribution in [3.8, 4) is 0 Å². The van der Waals surface area contributed by atoms with Crippen LogP contribution in [0, 0.1) is 5.82 Å². The van der Waals surface area contributed by atoms with Crippen molar-refractivity contribution < 1.29 is 9.50 Å². The normalized spacial score (nSPS) is 15.9. The van der Waals surface area contributed by atoms with Gasteiger partial charge in [0.25, 0.3) is 0 Å². The molecular weight excluding hydrogens is 309 g/mol. The number of anilines is 1. The molecule has 0 amide bonds. The van der Waals surface area contributed by atoms with E-state index in [-0.39, 0.29) is 16.7 Å². The fourth-order valence-corrected chi connectivity index (χ4v) is 3.16. The molecule has 1 saturated heterocycles. The summed E-state index contributed by atoms with van der Waals surface area (Å²) in [7, 11) is 2.05. The number of hydrogen-bond acceptors (Lipinski definition) is 4. The molecule has 1 aromatic carbocycles. The van der Waals surface area contributed by atoms with Crippen LogP contribution in [0.3, 0.4) is 0 Å². The first-order chi connectivity index (χ1) is 11.4. The molecule has 24 heavy (non-hydrogen) atoms. The first kappa shape index (κ1) is 16.5. The molecule has 6 heteroatoms. The van der Waals surface area contributed by atoms with E-state index in [1.165, 1.54) is 6.07 Å². The van der Waals surface area contributed by atoms with Gasteiger partial charge in [0.05, 0.1) is 16.8 Å². The van der Waals surface area contributed by atoms with Crippen LogP contribution in [0.15, 0.2) is 29.7 Å². The number of aromatic nitrogens is 1. The number of likely N-dealkylation sites (N-methyl/N-ethyl adjacent to an activating group) is 1. The van der Waals surface area contributed by atoms with E-state index in [2.05, 4.69) is 11.5 Å². The molecule has 5 nitrogen and oxygen atoms in total. The summed E-state index contributed by atoms with van der Waals surface area (Å²) in [5.74, 6) is -0.708. The molecule has 1 N–H and O–H groups in total. The average molecular weight is 331 g/mol. The van der Waals surface area contributed by atoms with Crippen LogP contribution in [0.4, 0.5) is 10.1 Å². The Kier molecular flexibility index (Phi) is 4.32. The third-order valence-corrected chi connectivity index (χ3v) is 4.64. The van der Waals surface area contributed by atoms with Crippen molar-refractivity contribution in [1.82, 2.24) is 9.47 Å². The quantitative estimate of drug-likeness (QED) is 0.878. The topological polar surface area (TPSA) is 48.7 Å². The molecule has 0 saturated carbocycles. The molecular formula is C18H22FN3O2. The molecule has 0 atom stereocenters. The van der Waals surface area contributed by atoms with Gasteiger partial charge in [0, 0.05) is 44.3 Å². The van der Waals surface area contributed by atoms with Crippen molar-refractivity contribution in [2.45, 2.75) is 13.5 Å². The van der Waals surface area contributed by atoms with E-state index in [1.807, 2.05) is 23.4 Å². The van der Waals surface area contributed by atoms with Gasteiger partial charge in [-0.3, -0.25) is 4.79 Å². The van der Waals surface area contributed by atoms with E-state index in [9.17, 15) is 14.3 Å². The Bertz CT molecular complexity index is 851. The number of halogens is 1. The van der Waals surface area contributed by atoms with Crippen LogP contribution in [-0.2, 0) is 6.54 Å². The van der Waals surface area contributed by atoms with Crippen LogP contribution in [0.2, 0.25) is 0 Å². The van der Waals surface area contributed by atoms with Crippen molar-refractivity contribution in [3.63, 3.8) is 0 Å². The second-order valence-electron chi connectivity index (χ2n) is 6.22. The van der Waals surface area contributed by atoms with Crippen LogP contribution in [0.1, 0.15) is 12.5 Å². The Morgan fingerprint density at radius 3 is 2.54 bits per heavy atom. The van der Waals surface area contributed by atoms with Crippen molar-refractivity contribution in [3.05, 3.63) is 46.5 Å². The molecule has 3 rings (SSSR count). The van der Waals surface area contributed by atoms with E-state index in [1.54, 1.807) is 12.3 Å². The van der Waals surface area contributed by atoms with Crippen molar-refractivity contribution in [1.29, 1.82) is 0 Å². The summed E-state index contributed by atoms with van der Waals surface area (Å²) >= 11 is 0. The van der Waals surface area contributed by atoms with Crippen LogP contribution in [0.5, 0.6) is 0 Å². The number of hydrogen-bond donors (Lipinski definition) is 1. The van der Waals surface area contributed by atoms with Gasteiger partial charge in [0.15, 0.2) is 5.43 Å². The number of rotatable bonds is 3. The van der Waals surface area contributed by atoms with Crippen LogP contribution in [0.25, 0.3) is 16.7 Å². The lowest BCUT2D eigenvalue weighted by Gasteiger charge is -2.34. The van der Waals surface area contributed by atoms with Gasteiger partial charge in [-0.1, -0.05) is 6.58 Å². The van der Waals surface area contributed by atoms with E-state index < -0.39 is 11.2 Å². The summed E-state index contributed by atoms with van der Waals surface area (Å²) in [6.07, 6.45) is 1.58. The summed E-state index contributed by atoms with van der Waals surface area (Å²) < 4.78 is 16.5. The van der Waals surface area contributed by atoms with Gasteiger partial charge in [0.2, 0.25) is 0 Å². The second-order valence-corrected chi connectivity index (χ2v) is 6.22. The molecule has 0 spiro atoms. The standard InChI is InChI=1S/C18H22FN3O2/c1-4-21-11-14(12(2)23)18(24)13-9-15(19)17(10-16(13)21)22-7-5-20(3)6-8-22/h9-11,23H,2,4-8H2,1,3H3. The van der Waals surface area contributed by atoms with Gasteiger partial charge < -0.3 is 19.5 Å². The SMILES string of the molecule is C=C(O)c1cn(CC)c2cc(N3CCN(C)CC3)c(F)cc2c1=O. The van der Waals surface area contributed by atoms with Crippen molar-refractivity contribution in [2.75, 3.05) is 38.1 Å². The Morgan fingerprint density at radius 1 is 1.29 bits per heavy atom. The third kappa shape index (κ3) is 2.78. The highest BCUT2D eigenvalue weighted by Crippen LogP contribution is 2.26. The van der Waals surface area contributed by atoms with Gasteiger partial charge in [0.1, 0.15) is 11.6 Å². The number of aryl methyl sites for hydroxylation is 1. The molecule has 1 aliphatic heterocycles. The molecule has 1 aliphatic rings. The number of pyridine rings is 1. The first-order valence-electron chi connectivity index (χ1n) is 8.10. The number of aliphatic hydroxyl groups excluding tert-OH is 1. The van der Waals surface area contributed by atoms with Crippen molar-refractivity contribution in [2.24, 2.45) is 0 Å². The number of fused-ring (bicyclic) bond motifs is 1. The zero-order chi connectivity index (χ0) is 17.4. The predicted molar refractivity (Wildman–Crippen MR) is 95.2 cm³/mol. The monoisotopic (exact) mass is 331 g/mol. The molecule has 0 unspecified atom stereocenters. The number of nitrogens with zero attached hydrogens (tertiary/aromatic N) is 3. The minimum absolute atomic E-state index is 0.107. The Labute approximate surface area is 140 Å². The molecule has 0 radical (unpaired) electrons. The van der Waals surface area contributed by atoms with Crippen molar-refractivity contribution >= 4 is 22.3 Å². The second kappa shape index (κ2) is 6.28. The highest BCUT2D eigenvalue weighted by molar-refractivity contribution is 5.85. The molecule has 0 aliphatic carbocycles. The lowest BCUT2D eigenvalue weighted by molar-refractivity contribution is 0.312. The first-order valence-corrected chi connectivity index (χ1v) is 8.10. The fraction of sp³-hybridized carbons (Fsp3) is 0.389. The van der Waals surface area contributed by atoms with Gasteiger partial charge in [-0.25, -0.2) is 4.39 Å². The predicted octanol–water partition coefficient (Wildman–Crippen LogP) is 2.44. The maximum Gasteiger partial charge on any atom is 0.200 e. The third-order valence-electron chi connectivity index (χ3n) is 4.64. The zero-order valence-corrected chi connectivity index (χ0v) is 14.0. The Hall–Kier alpha value is -2.34. The minimum Gasteiger partial charge on any atom is -0.508 e. The molecule has 128 valence electrons.